The highest BCUT2D eigenvalue weighted by molar-refractivity contribution is 5.45. The van der Waals surface area contributed by atoms with Gasteiger partial charge in [-0.2, -0.15) is 0 Å². The molecule has 1 aromatic carbocycles. The van der Waals surface area contributed by atoms with E-state index in [9.17, 15) is 15.2 Å². The summed E-state index contributed by atoms with van der Waals surface area (Å²) in [4.78, 5) is 9.91. The Morgan fingerprint density at radius 3 is 2.60 bits per heavy atom. The largest absolute Gasteiger partial charge is 0.486 e. The predicted molar refractivity (Wildman–Crippen MR) is 66.9 cm³/mol. The molecule has 20 heavy (non-hydrogen) atoms. The molecule has 1 aliphatic rings. The van der Waals surface area contributed by atoms with Crippen molar-refractivity contribution in [2.45, 2.75) is 6.10 Å². The van der Waals surface area contributed by atoms with E-state index in [-0.39, 0.29) is 5.76 Å². The number of aliphatic hydroxyl groups excluding tert-OH is 1. The van der Waals surface area contributed by atoms with E-state index >= 15 is 0 Å². The molecule has 2 heterocycles. The topological polar surface area (TPSA) is 95.0 Å². The maximum absolute atomic E-state index is 10.6. The molecule has 1 unspecified atom stereocenters. The standard InChI is InChI=1S/C13H11NO6/c15-13(10-3-4-12(20-10)14(16)17)8-1-2-9-11(7-8)19-6-5-18-9/h1-4,7,13,15H,5-6H2. The molecule has 0 amide bonds. The second kappa shape index (κ2) is 4.86. The molecule has 1 aliphatic heterocycles. The van der Waals surface area contributed by atoms with Crippen LogP contribution in [0.4, 0.5) is 5.88 Å². The first-order valence-electron chi connectivity index (χ1n) is 5.97. The van der Waals surface area contributed by atoms with Gasteiger partial charge in [0.25, 0.3) is 0 Å². The number of nitrogens with zero attached hydrogens (tertiary/aromatic N) is 1. The monoisotopic (exact) mass is 277 g/mol. The van der Waals surface area contributed by atoms with Gasteiger partial charge in [-0.3, -0.25) is 10.1 Å². The Balaban J connectivity index is 1.89. The van der Waals surface area contributed by atoms with Gasteiger partial charge in [0.1, 0.15) is 30.0 Å². The van der Waals surface area contributed by atoms with Gasteiger partial charge in [-0.1, -0.05) is 6.07 Å². The molecule has 0 spiro atoms. The zero-order chi connectivity index (χ0) is 14.1. The fourth-order valence-electron chi connectivity index (χ4n) is 1.98. The van der Waals surface area contributed by atoms with Crippen molar-refractivity contribution in [3.05, 3.63) is 51.8 Å². The molecule has 7 heteroatoms. The lowest BCUT2D eigenvalue weighted by Gasteiger charge is -2.19. The van der Waals surface area contributed by atoms with Crippen LogP contribution < -0.4 is 9.47 Å². The molecule has 1 atom stereocenters. The lowest BCUT2D eigenvalue weighted by atomic mass is 10.1. The Hall–Kier alpha value is -2.54. The summed E-state index contributed by atoms with van der Waals surface area (Å²) in [6, 6.07) is 7.56. The summed E-state index contributed by atoms with van der Waals surface area (Å²) in [6.07, 6.45) is -1.10. The third-order valence-corrected chi connectivity index (χ3v) is 2.94. The molecule has 0 aliphatic carbocycles. The van der Waals surface area contributed by atoms with Crippen LogP contribution in [0, 0.1) is 10.1 Å². The number of hydrogen-bond acceptors (Lipinski definition) is 6. The van der Waals surface area contributed by atoms with Gasteiger partial charge < -0.3 is 19.0 Å². The Bertz CT molecular complexity index is 650. The number of furan rings is 1. The summed E-state index contributed by atoms with van der Waals surface area (Å²) in [7, 11) is 0. The van der Waals surface area contributed by atoms with Crippen molar-refractivity contribution in [3.8, 4) is 11.5 Å². The lowest BCUT2D eigenvalue weighted by Crippen LogP contribution is -2.15. The van der Waals surface area contributed by atoms with Crippen LogP contribution in [0.3, 0.4) is 0 Å². The van der Waals surface area contributed by atoms with E-state index < -0.39 is 16.9 Å². The van der Waals surface area contributed by atoms with Crippen molar-refractivity contribution in [2.24, 2.45) is 0 Å². The molecule has 2 aromatic rings. The van der Waals surface area contributed by atoms with Crippen LogP contribution in [-0.4, -0.2) is 23.2 Å². The first-order valence-corrected chi connectivity index (χ1v) is 5.97. The highest BCUT2D eigenvalue weighted by Gasteiger charge is 2.21. The van der Waals surface area contributed by atoms with Crippen LogP contribution in [0.5, 0.6) is 11.5 Å². The van der Waals surface area contributed by atoms with Crippen molar-refractivity contribution in [2.75, 3.05) is 13.2 Å². The van der Waals surface area contributed by atoms with Crippen molar-refractivity contribution >= 4 is 5.88 Å². The normalized spacial score (nSPS) is 14.8. The number of aliphatic hydroxyl groups is 1. The Kier molecular flexibility index (Phi) is 3.03. The van der Waals surface area contributed by atoms with Gasteiger partial charge in [0.2, 0.25) is 0 Å². The van der Waals surface area contributed by atoms with E-state index in [1.807, 2.05) is 0 Å². The predicted octanol–water partition coefficient (Wildman–Crippen LogP) is 2.04. The van der Waals surface area contributed by atoms with Gasteiger partial charge in [0.15, 0.2) is 11.5 Å². The van der Waals surface area contributed by atoms with Crippen molar-refractivity contribution < 1.29 is 23.9 Å². The molecule has 0 saturated heterocycles. The van der Waals surface area contributed by atoms with E-state index in [2.05, 4.69) is 0 Å². The summed E-state index contributed by atoms with van der Waals surface area (Å²) >= 11 is 0. The molecule has 1 N–H and O–H groups in total. The SMILES string of the molecule is O=[N+]([O-])c1ccc(C(O)c2ccc3c(c2)OCCO3)o1. The maximum Gasteiger partial charge on any atom is 0.433 e. The Labute approximate surface area is 113 Å². The van der Waals surface area contributed by atoms with Crippen LogP contribution >= 0.6 is 0 Å². The minimum absolute atomic E-state index is 0.105. The van der Waals surface area contributed by atoms with Gasteiger partial charge in [0.05, 0.1) is 6.07 Å². The number of hydrogen-bond donors (Lipinski definition) is 1. The molecule has 0 bridgehead atoms. The lowest BCUT2D eigenvalue weighted by molar-refractivity contribution is -0.402. The van der Waals surface area contributed by atoms with E-state index in [1.54, 1.807) is 18.2 Å². The third kappa shape index (κ3) is 2.19. The van der Waals surface area contributed by atoms with Gasteiger partial charge in [-0.15, -0.1) is 0 Å². The number of fused-ring (bicyclic) bond motifs is 1. The minimum atomic E-state index is -1.10. The van der Waals surface area contributed by atoms with E-state index in [0.29, 0.717) is 30.3 Å². The highest BCUT2D eigenvalue weighted by Crippen LogP contribution is 2.35. The average Bonchev–Trinajstić information content (AvgIpc) is 2.96. The molecule has 1 aromatic heterocycles. The van der Waals surface area contributed by atoms with Crippen LogP contribution in [0.15, 0.2) is 34.7 Å². The van der Waals surface area contributed by atoms with E-state index in [0.717, 1.165) is 0 Å². The van der Waals surface area contributed by atoms with Crippen LogP contribution in [0.1, 0.15) is 17.4 Å². The average molecular weight is 277 g/mol. The number of ether oxygens (including phenoxy) is 2. The number of benzene rings is 1. The summed E-state index contributed by atoms with van der Waals surface area (Å²) in [5, 5.41) is 20.7. The zero-order valence-corrected chi connectivity index (χ0v) is 10.3. The fourth-order valence-corrected chi connectivity index (χ4v) is 1.98. The van der Waals surface area contributed by atoms with E-state index in [4.69, 9.17) is 13.9 Å². The Morgan fingerprint density at radius 2 is 1.90 bits per heavy atom. The molecular formula is C13H11NO6. The molecule has 0 saturated carbocycles. The van der Waals surface area contributed by atoms with Crippen molar-refractivity contribution in [3.63, 3.8) is 0 Å². The van der Waals surface area contributed by atoms with Gasteiger partial charge in [0, 0.05) is 0 Å². The number of nitro groups is 1. The second-order valence-corrected chi connectivity index (χ2v) is 4.24. The summed E-state index contributed by atoms with van der Waals surface area (Å²) in [5.41, 5.74) is 0.512. The summed E-state index contributed by atoms with van der Waals surface area (Å²) < 4.78 is 15.8. The van der Waals surface area contributed by atoms with Gasteiger partial charge >= 0.3 is 5.88 Å². The fraction of sp³-hybridized carbons (Fsp3) is 0.231. The Morgan fingerprint density at radius 1 is 1.15 bits per heavy atom. The summed E-state index contributed by atoms with van der Waals surface area (Å²) in [6.45, 7) is 0.929. The van der Waals surface area contributed by atoms with Crippen molar-refractivity contribution in [1.82, 2.24) is 0 Å². The van der Waals surface area contributed by atoms with Crippen LogP contribution in [0.2, 0.25) is 0 Å². The molecule has 7 nitrogen and oxygen atoms in total. The second-order valence-electron chi connectivity index (χ2n) is 4.24. The third-order valence-electron chi connectivity index (χ3n) is 2.94. The smallest absolute Gasteiger partial charge is 0.433 e. The van der Waals surface area contributed by atoms with Crippen LogP contribution in [-0.2, 0) is 0 Å². The molecule has 104 valence electrons. The van der Waals surface area contributed by atoms with Gasteiger partial charge in [-0.25, -0.2) is 0 Å². The molecule has 3 rings (SSSR count). The van der Waals surface area contributed by atoms with Crippen LogP contribution in [0.25, 0.3) is 0 Å². The molecule has 0 fully saturated rings. The summed E-state index contributed by atoms with van der Waals surface area (Å²) in [5.74, 6) is 0.844. The minimum Gasteiger partial charge on any atom is -0.486 e. The zero-order valence-electron chi connectivity index (χ0n) is 10.3. The molecular weight excluding hydrogens is 266 g/mol. The maximum atomic E-state index is 10.6. The van der Waals surface area contributed by atoms with E-state index in [1.165, 1.54) is 12.1 Å². The quantitative estimate of drug-likeness (QED) is 0.681. The highest BCUT2D eigenvalue weighted by atomic mass is 16.6. The molecule has 0 radical (unpaired) electrons. The first-order chi connectivity index (χ1) is 9.65. The van der Waals surface area contributed by atoms with Crippen molar-refractivity contribution in [1.29, 1.82) is 0 Å². The number of rotatable bonds is 3. The van der Waals surface area contributed by atoms with Gasteiger partial charge in [-0.05, 0) is 23.8 Å². The first kappa shape index (κ1) is 12.5.